The molecule has 2 aliphatic rings. The van der Waals surface area contributed by atoms with Gasteiger partial charge in [-0.2, -0.15) is 13.2 Å². The molecular formula is C25H28F3N5O4S. The van der Waals surface area contributed by atoms with Gasteiger partial charge < -0.3 is 19.5 Å². The predicted octanol–water partition coefficient (Wildman–Crippen LogP) is 4.72. The van der Waals surface area contributed by atoms with Crippen molar-refractivity contribution in [3.05, 3.63) is 36.2 Å². The lowest BCUT2D eigenvalue weighted by Gasteiger charge is -2.34. The second kappa shape index (κ2) is 9.14. The second-order valence-electron chi connectivity index (χ2n) is 10.6. The number of piperidine rings is 1. The highest BCUT2D eigenvalue weighted by atomic mass is 32.2. The smallest absolute Gasteiger partial charge is 0.419 e. The molecule has 0 saturated carbocycles. The standard InChI is InChI=1S/C25H28F3N5O4S/c1-24(2,3)37-23(34)33-9-5-6-15(13-33)30-22-29-12-18(25(26,27)28)20(31-22)17-14-32-10-11-38(35,36)19-8-4-7-16(17)21(19)32/h4,7-8,12,14-15H,5-6,9-11,13H2,1-3H3,(H,29,30,31)/t15-/m0/s1. The zero-order valence-corrected chi connectivity index (χ0v) is 22.0. The van der Waals surface area contributed by atoms with E-state index in [0.29, 0.717) is 30.3 Å². The fraction of sp³-hybridized carbons (Fsp3) is 0.480. The first-order chi connectivity index (χ1) is 17.7. The topological polar surface area (TPSA) is 106 Å². The van der Waals surface area contributed by atoms with Gasteiger partial charge in [0.05, 0.1) is 21.9 Å². The number of aryl methyl sites for hydroxylation is 1. The molecule has 1 aromatic carbocycles. The summed E-state index contributed by atoms with van der Waals surface area (Å²) in [7, 11) is -3.54. The summed E-state index contributed by atoms with van der Waals surface area (Å²) >= 11 is 0. The molecule has 1 N–H and O–H groups in total. The van der Waals surface area contributed by atoms with Gasteiger partial charge in [0, 0.05) is 49.0 Å². The Labute approximate surface area is 217 Å². The Kier molecular flexibility index (Phi) is 6.32. The first kappa shape index (κ1) is 26.3. The number of aromatic nitrogens is 3. The molecule has 9 nitrogen and oxygen atoms in total. The number of para-hydroxylation sites is 1. The minimum atomic E-state index is -4.73. The van der Waals surface area contributed by atoms with Crippen molar-refractivity contribution in [3.63, 3.8) is 0 Å². The molecule has 13 heteroatoms. The van der Waals surface area contributed by atoms with Crippen LogP contribution < -0.4 is 5.32 Å². The van der Waals surface area contributed by atoms with Crippen LogP contribution in [0.4, 0.5) is 23.9 Å². The summed E-state index contributed by atoms with van der Waals surface area (Å²) < 4.78 is 74.4. The Morgan fingerprint density at radius 2 is 1.95 bits per heavy atom. The van der Waals surface area contributed by atoms with E-state index in [0.717, 1.165) is 6.20 Å². The molecule has 38 heavy (non-hydrogen) atoms. The average molecular weight is 552 g/mol. The fourth-order valence-corrected chi connectivity index (χ4v) is 6.37. The van der Waals surface area contributed by atoms with Crippen molar-refractivity contribution < 1.29 is 31.1 Å². The van der Waals surface area contributed by atoms with Crippen molar-refractivity contribution in [3.8, 4) is 11.3 Å². The van der Waals surface area contributed by atoms with E-state index in [1.54, 1.807) is 36.3 Å². The molecule has 1 fully saturated rings. The van der Waals surface area contributed by atoms with Gasteiger partial charge in [0.15, 0.2) is 9.84 Å². The van der Waals surface area contributed by atoms with Gasteiger partial charge in [-0.25, -0.2) is 23.2 Å². The quantitative estimate of drug-likeness (QED) is 0.502. The van der Waals surface area contributed by atoms with E-state index in [4.69, 9.17) is 4.74 Å². The summed E-state index contributed by atoms with van der Waals surface area (Å²) in [4.78, 5) is 22.4. The highest BCUT2D eigenvalue weighted by Crippen LogP contribution is 2.41. The lowest BCUT2D eigenvalue weighted by atomic mass is 10.1. The van der Waals surface area contributed by atoms with Crippen molar-refractivity contribution in [1.29, 1.82) is 0 Å². The summed E-state index contributed by atoms with van der Waals surface area (Å²) in [6.07, 6.45) is -1.58. The predicted molar refractivity (Wildman–Crippen MR) is 134 cm³/mol. The number of hydrogen-bond donors (Lipinski definition) is 1. The maximum absolute atomic E-state index is 14.0. The van der Waals surface area contributed by atoms with E-state index in [1.807, 2.05) is 0 Å². The third-order valence-corrected chi connectivity index (χ3v) is 8.27. The van der Waals surface area contributed by atoms with Gasteiger partial charge in [-0.15, -0.1) is 0 Å². The van der Waals surface area contributed by atoms with Gasteiger partial charge >= 0.3 is 12.3 Å². The van der Waals surface area contributed by atoms with Gasteiger partial charge in [0.2, 0.25) is 5.95 Å². The molecule has 1 saturated heterocycles. The Hall–Kier alpha value is -3.35. The molecule has 1 amide bonds. The van der Waals surface area contributed by atoms with Crippen molar-refractivity contribution in [2.24, 2.45) is 0 Å². The van der Waals surface area contributed by atoms with Crippen LogP contribution in [-0.4, -0.2) is 64.4 Å². The van der Waals surface area contributed by atoms with Crippen LogP contribution in [0.5, 0.6) is 0 Å². The molecule has 2 aliphatic heterocycles. The van der Waals surface area contributed by atoms with E-state index >= 15 is 0 Å². The number of carbonyl (C=O) groups excluding carboxylic acids is 1. The van der Waals surface area contributed by atoms with Gasteiger partial charge in [-0.3, -0.25) is 0 Å². The molecule has 0 spiro atoms. The molecule has 0 unspecified atom stereocenters. The number of nitrogens with one attached hydrogen (secondary N) is 1. The summed E-state index contributed by atoms with van der Waals surface area (Å²) in [5.41, 5.74) is -1.46. The third kappa shape index (κ3) is 5.03. The Morgan fingerprint density at radius 1 is 1.18 bits per heavy atom. The molecule has 0 radical (unpaired) electrons. The minimum Gasteiger partial charge on any atom is -0.444 e. The number of ether oxygens (including phenoxy) is 1. The lowest BCUT2D eigenvalue weighted by molar-refractivity contribution is -0.137. The molecule has 5 rings (SSSR count). The van der Waals surface area contributed by atoms with Crippen LogP contribution in [-0.2, 0) is 27.3 Å². The van der Waals surface area contributed by atoms with E-state index in [-0.39, 0.29) is 47.0 Å². The number of alkyl halides is 3. The van der Waals surface area contributed by atoms with E-state index in [2.05, 4.69) is 15.3 Å². The highest BCUT2D eigenvalue weighted by Gasteiger charge is 2.37. The van der Waals surface area contributed by atoms with Crippen molar-refractivity contribution in [1.82, 2.24) is 19.4 Å². The van der Waals surface area contributed by atoms with Crippen LogP contribution in [0.3, 0.4) is 0 Å². The highest BCUT2D eigenvalue weighted by molar-refractivity contribution is 7.91. The van der Waals surface area contributed by atoms with Gasteiger partial charge in [0.25, 0.3) is 0 Å². The number of sulfone groups is 1. The third-order valence-electron chi connectivity index (χ3n) is 6.55. The molecule has 0 bridgehead atoms. The zero-order chi connectivity index (χ0) is 27.5. The van der Waals surface area contributed by atoms with E-state index < -0.39 is 33.3 Å². The normalized spacial score (nSPS) is 19.4. The Bertz CT molecular complexity index is 1510. The molecular weight excluding hydrogens is 523 g/mol. The Morgan fingerprint density at radius 3 is 2.66 bits per heavy atom. The lowest BCUT2D eigenvalue weighted by Crippen LogP contribution is -2.47. The summed E-state index contributed by atoms with van der Waals surface area (Å²) in [5, 5.41) is 3.45. The number of hydrogen-bond acceptors (Lipinski definition) is 7. The zero-order valence-electron chi connectivity index (χ0n) is 21.2. The number of halogens is 3. The van der Waals surface area contributed by atoms with Crippen LogP contribution in [0.25, 0.3) is 22.2 Å². The van der Waals surface area contributed by atoms with Gasteiger partial charge in [-0.1, -0.05) is 12.1 Å². The number of benzene rings is 1. The molecule has 204 valence electrons. The molecule has 1 atom stereocenters. The molecule has 3 aromatic rings. The second-order valence-corrected chi connectivity index (χ2v) is 12.6. The number of likely N-dealkylation sites (tertiary alicyclic amines) is 1. The Balaban J connectivity index is 1.51. The summed E-state index contributed by atoms with van der Waals surface area (Å²) in [6.45, 7) is 6.26. The van der Waals surface area contributed by atoms with Gasteiger partial charge in [0.1, 0.15) is 11.2 Å². The summed E-state index contributed by atoms with van der Waals surface area (Å²) in [6, 6.07) is 4.30. The number of nitrogens with zero attached hydrogens (tertiary/aromatic N) is 4. The molecule has 2 aromatic heterocycles. The largest absolute Gasteiger partial charge is 0.444 e. The number of rotatable bonds is 3. The van der Waals surface area contributed by atoms with Crippen LogP contribution in [0.1, 0.15) is 39.2 Å². The van der Waals surface area contributed by atoms with E-state index in [9.17, 15) is 26.4 Å². The first-order valence-electron chi connectivity index (χ1n) is 12.3. The maximum Gasteiger partial charge on any atom is 0.419 e. The number of anilines is 1. The van der Waals surface area contributed by atoms with Crippen molar-refractivity contribution >= 4 is 32.8 Å². The van der Waals surface area contributed by atoms with Gasteiger partial charge in [-0.05, 0) is 39.7 Å². The fourth-order valence-electron chi connectivity index (χ4n) is 4.90. The molecule has 4 heterocycles. The SMILES string of the molecule is CC(C)(C)OC(=O)N1CCC[C@H](Nc2ncc(C(F)(F)F)c(-c3cn4c5c(cccc35)S(=O)(=O)CC4)n2)C1. The van der Waals surface area contributed by atoms with Crippen molar-refractivity contribution in [2.75, 3.05) is 24.2 Å². The van der Waals surface area contributed by atoms with Crippen LogP contribution >= 0.6 is 0 Å². The van der Waals surface area contributed by atoms with Crippen LogP contribution in [0, 0.1) is 0 Å². The maximum atomic E-state index is 14.0. The number of carbonyl (C=O) groups is 1. The van der Waals surface area contributed by atoms with Crippen molar-refractivity contribution in [2.45, 2.75) is 62.9 Å². The first-order valence-corrected chi connectivity index (χ1v) is 13.9. The number of amides is 1. The van der Waals surface area contributed by atoms with Crippen LogP contribution in [0.15, 0.2) is 35.5 Å². The summed E-state index contributed by atoms with van der Waals surface area (Å²) in [5.74, 6) is -0.144. The minimum absolute atomic E-state index is 0.0106. The van der Waals surface area contributed by atoms with E-state index in [1.165, 1.54) is 18.3 Å². The monoisotopic (exact) mass is 551 g/mol. The average Bonchev–Trinajstić information content (AvgIpc) is 3.20. The molecule has 0 aliphatic carbocycles. The van der Waals surface area contributed by atoms with Crippen LogP contribution in [0.2, 0.25) is 0 Å².